The molecule has 1 aromatic heterocycles. The van der Waals surface area contributed by atoms with Gasteiger partial charge in [0.15, 0.2) is 9.84 Å². The van der Waals surface area contributed by atoms with Gasteiger partial charge >= 0.3 is 0 Å². The summed E-state index contributed by atoms with van der Waals surface area (Å²) in [5.41, 5.74) is 0. The number of nitrogens with one attached hydrogen (secondary N) is 2. The van der Waals surface area contributed by atoms with Gasteiger partial charge in [-0.2, -0.15) is 0 Å². The van der Waals surface area contributed by atoms with Gasteiger partial charge in [-0.25, -0.2) is 13.4 Å². The molecule has 0 bridgehead atoms. The highest BCUT2D eigenvalue weighted by Gasteiger charge is 2.18. The van der Waals surface area contributed by atoms with Crippen molar-refractivity contribution in [2.75, 3.05) is 24.7 Å². The van der Waals surface area contributed by atoms with Crippen LogP contribution < -0.4 is 10.6 Å². The number of sulfone groups is 1. The third-order valence-electron chi connectivity index (χ3n) is 3.09. The number of anilines is 1. The number of rotatable bonds is 3. The number of aromatic nitrogens is 1. The zero-order chi connectivity index (χ0) is 13.0. The van der Waals surface area contributed by atoms with Crippen molar-refractivity contribution in [2.24, 2.45) is 0 Å². The molecule has 1 aromatic rings. The first-order valence-corrected chi connectivity index (χ1v) is 8.09. The molecule has 0 aliphatic carbocycles. The molecule has 2 heterocycles. The number of hydrogen-bond acceptors (Lipinski definition) is 5. The third-order valence-corrected chi connectivity index (χ3v) is 4.22. The topological polar surface area (TPSA) is 71.1 Å². The molecule has 1 aliphatic rings. The molecule has 0 amide bonds. The molecule has 1 aliphatic heterocycles. The Balaban J connectivity index is 2.18. The molecular weight excluding hydrogens is 250 g/mol. The number of pyridine rings is 1. The van der Waals surface area contributed by atoms with Gasteiger partial charge in [-0.05, 0) is 44.5 Å². The minimum absolute atomic E-state index is 0.280. The van der Waals surface area contributed by atoms with E-state index in [9.17, 15) is 8.42 Å². The van der Waals surface area contributed by atoms with Crippen LogP contribution in [0.3, 0.4) is 0 Å². The van der Waals surface area contributed by atoms with Gasteiger partial charge in [-0.1, -0.05) is 0 Å². The fourth-order valence-electron chi connectivity index (χ4n) is 2.15. The maximum absolute atomic E-state index is 11.7. The summed E-state index contributed by atoms with van der Waals surface area (Å²) in [6.07, 6.45) is 5.95. The molecule has 0 saturated carbocycles. The van der Waals surface area contributed by atoms with Gasteiger partial charge in [-0.15, -0.1) is 0 Å². The normalized spacial score (nSPS) is 21.3. The van der Waals surface area contributed by atoms with Gasteiger partial charge in [0, 0.05) is 18.5 Å². The van der Waals surface area contributed by atoms with Gasteiger partial charge in [0.2, 0.25) is 0 Å². The Labute approximate surface area is 108 Å². The van der Waals surface area contributed by atoms with Crippen molar-refractivity contribution in [1.29, 1.82) is 0 Å². The summed E-state index contributed by atoms with van der Waals surface area (Å²) in [6, 6.07) is 3.53. The highest BCUT2D eigenvalue weighted by Crippen LogP contribution is 2.20. The average molecular weight is 269 g/mol. The van der Waals surface area contributed by atoms with Crippen molar-refractivity contribution in [3.8, 4) is 0 Å². The Bertz CT molecular complexity index is 494. The quantitative estimate of drug-likeness (QED) is 0.858. The first-order valence-electron chi connectivity index (χ1n) is 6.20. The minimum atomic E-state index is -3.23. The fraction of sp³-hybridized carbons (Fsp3) is 0.583. The van der Waals surface area contributed by atoms with Crippen molar-refractivity contribution in [2.45, 2.75) is 30.2 Å². The van der Waals surface area contributed by atoms with E-state index in [2.05, 4.69) is 15.6 Å². The summed E-state index contributed by atoms with van der Waals surface area (Å²) in [5, 5.41) is 6.59. The van der Waals surface area contributed by atoms with E-state index in [1.807, 2.05) is 0 Å². The summed E-state index contributed by atoms with van der Waals surface area (Å²) in [4.78, 5) is 4.44. The standard InChI is InChI=1S/C12H19N3O2S/c1-18(16,17)11-5-3-8-14-12(11)15-10-4-2-7-13-9-6-10/h3,5,8,10,13H,2,4,6-7,9H2,1H3,(H,14,15). The van der Waals surface area contributed by atoms with E-state index in [1.165, 1.54) is 6.26 Å². The molecule has 6 heteroatoms. The van der Waals surface area contributed by atoms with Crippen LogP contribution in [0.5, 0.6) is 0 Å². The third kappa shape index (κ3) is 3.43. The fourth-order valence-corrected chi connectivity index (χ4v) is 2.94. The molecule has 100 valence electrons. The summed E-state index contributed by atoms with van der Waals surface area (Å²) in [5.74, 6) is 0.479. The van der Waals surface area contributed by atoms with Crippen LogP contribution in [0.15, 0.2) is 23.2 Å². The van der Waals surface area contributed by atoms with Crippen molar-refractivity contribution < 1.29 is 8.42 Å². The molecule has 2 rings (SSSR count). The van der Waals surface area contributed by atoms with E-state index < -0.39 is 9.84 Å². The van der Waals surface area contributed by atoms with Crippen LogP contribution >= 0.6 is 0 Å². The van der Waals surface area contributed by atoms with E-state index in [0.29, 0.717) is 5.82 Å². The number of nitrogens with zero attached hydrogens (tertiary/aromatic N) is 1. The zero-order valence-electron chi connectivity index (χ0n) is 10.5. The predicted molar refractivity (Wildman–Crippen MR) is 71.5 cm³/mol. The van der Waals surface area contributed by atoms with Crippen LogP contribution in [0.25, 0.3) is 0 Å². The highest BCUT2D eigenvalue weighted by molar-refractivity contribution is 7.90. The molecule has 1 atom stereocenters. The summed E-state index contributed by atoms with van der Waals surface area (Å²) < 4.78 is 23.3. The number of hydrogen-bond donors (Lipinski definition) is 2. The molecule has 0 spiro atoms. The predicted octanol–water partition coefficient (Wildman–Crippen LogP) is 1.04. The lowest BCUT2D eigenvalue weighted by Gasteiger charge is -2.18. The van der Waals surface area contributed by atoms with Crippen LogP contribution in [0.1, 0.15) is 19.3 Å². The Morgan fingerprint density at radius 3 is 3.00 bits per heavy atom. The monoisotopic (exact) mass is 269 g/mol. The molecule has 18 heavy (non-hydrogen) atoms. The molecule has 2 N–H and O–H groups in total. The van der Waals surface area contributed by atoms with Crippen LogP contribution in [-0.4, -0.2) is 38.8 Å². The van der Waals surface area contributed by atoms with E-state index in [-0.39, 0.29) is 10.9 Å². The van der Waals surface area contributed by atoms with Gasteiger partial charge in [0.05, 0.1) is 0 Å². The Hall–Kier alpha value is -1.14. The molecule has 0 radical (unpaired) electrons. The van der Waals surface area contributed by atoms with Crippen molar-refractivity contribution in [1.82, 2.24) is 10.3 Å². The second-order valence-electron chi connectivity index (χ2n) is 4.64. The second-order valence-corrected chi connectivity index (χ2v) is 6.63. The first-order chi connectivity index (χ1) is 8.57. The van der Waals surface area contributed by atoms with Crippen LogP contribution in [0.4, 0.5) is 5.82 Å². The molecule has 1 saturated heterocycles. The molecule has 1 unspecified atom stereocenters. The van der Waals surface area contributed by atoms with Crippen LogP contribution in [0, 0.1) is 0 Å². The highest BCUT2D eigenvalue weighted by atomic mass is 32.2. The summed E-state index contributed by atoms with van der Waals surface area (Å²) in [7, 11) is -3.23. The van der Waals surface area contributed by atoms with Gasteiger partial charge in [-0.3, -0.25) is 0 Å². The van der Waals surface area contributed by atoms with Gasteiger partial charge in [0.1, 0.15) is 10.7 Å². The largest absolute Gasteiger partial charge is 0.366 e. The van der Waals surface area contributed by atoms with Crippen LogP contribution in [0.2, 0.25) is 0 Å². The lowest BCUT2D eigenvalue weighted by atomic mass is 10.1. The van der Waals surface area contributed by atoms with E-state index >= 15 is 0 Å². The smallest absolute Gasteiger partial charge is 0.179 e. The van der Waals surface area contributed by atoms with Gasteiger partial charge in [0.25, 0.3) is 0 Å². The summed E-state index contributed by atoms with van der Waals surface area (Å²) >= 11 is 0. The van der Waals surface area contributed by atoms with Gasteiger partial charge < -0.3 is 10.6 Å². The van der Waals surface area contributed by atoms with Crippen molar-refractivity contribution >= 4 is 15.7 Å². The Morgan fingerprint density at radius 1 is 1.39 bits per heavy atom. The lowest BCUT2D eigenvalue weighted by Crippen LogP contribution is -2.23. The van der Waals surface area contributed by atoms with Crippen LogP contribution in [-0.2, 0) is 9.84 Å². The molecular formula is C12H19N3O2S. The van der Waals surface area contributed by atoms with Crippen molar-refractivity contribution in [3.63, 3.8) is 0 Å². The maximum Gasteiger partial charge on any atom is 0.179 e. The molecule has 1 fully saturated rings. The lowest BCUT2D eigenvalue weighted by molar-refractivity contribution is 0.600. The summed E-state index contributed by atoms with van der Waals surface area (Å²) in [6.45, 7) is 1.98. The van der Waals surface area contributed by atoms with E-state index in [1.54, 1.807) is 18.3 Å². The Kier molecular flexibility index (Phi) is 4.19. The van der Waals surface area contributed by atoms with E-state index in [0.717, 1.165) is 32.4 Å². The average Bonchev–Trinajstić information content (AvgIpc) is 2.57. The van der Waals surface area contributed by atoms with E-state index in [4.69, 9.17) is 0 Å². The van der Waals surface area contributed by atoms with Crippen molar-refractivity contribution in [3.05, 3.63) is 18.3 Å². The zero-order valence-corrected chi connectivity index (χ0v) is 11.3. The SMILES string of the molecule is CS(=O)(=O)c1cccnc1NC1CCCNCC1. The molecule has 5 nitrogen and oxygen atoms in total. The first kappa shape index (κ1) is 13.3. The minimum Gasteiger partial charge on any atom is -0.366 e. The maximum atomic E-state index is 11.7. The Morgan fingerprint density at radius 2 is 2.22 bits per heavy atom. The molecule has 0 aromatic carbocycles. The second kappa shape index (κ2) is 5.67.